The second kappa shape index (κ2) is 7.04. The molecule has 1 aliphatic heterocycles. The molecule has 0 aromatic heterocycles. The van der Waals surface area contributed by atoms with E-state index < -0.39 is 6.04 Å². The zero-order chi connectivity index (χ0) is 14.5. The van der Waals surface area contributed by atoms with Crippen molar-refractivity contribution < 1.29 is 14.3 Å². The molecule has 0 radical (unpaired) electrons. The first-order valence-electron chi connectivity index (χ1n) is 7.42. The molecule has 0 bridgehead atoms. The third-order valence-corrected chi connectivity index (χ3v) is 4.03. The molecule has 1 saturated carbocycles. The predicted octanol–water partition coefficient (Wildman–Crippen LogP) is -0.275. The Balaban J connectivity index is 1.80. The third-order valence-electron chi connectivity index (χ3n) is 4.03. The quantitative estimate of drug-likeness (QED) is 0.702. The summed E-state index contributed by atoms with van der Waals surface area (Å²) in [5, 5.41) is 3.00. The number of methoxy groups -OCH3 is 1. The normalized spacial score (nSPS) is 24.3. The number of likely N-dealkylation sites (tertiary alicyclic amines) is 1. The van der Waals surface area contributed by atoms with Crippen LogP contribution in [0.3, 0.4) is 0 Å². The molecule has 2 rings (SSSR count). The van der Waals surface area contributed by atoms with Crippen LogP contribution in [-0.4, -0.2) is 56.1 Å². The average Bonchev–Trinajstić information content (AvgIpc) is 3.28. The van der Waals surface area contributed by atoms with Gasteiger partial charge in [-0.1, -0.05) is 0 Å². The maximum Gasteiger partial charge on any atom is 0.241 e. The van der Waals surface area contributed by atoms with E-state index in [1.165, 1.54) is 20.0 Å². The van der Waals surface area contributed by atoms with Crippen LogP contribution in [0, 0.1) is 11.8 Å². The number of amides is 2. The molecule has 0 aromatic carbocycles. The van der Waals surface area contributed by atoms with Crippen molar-refractivity contribution in [3.8, 4) is 0 Å². The van der Waals surface area contributed by atoms with Crippen molar-refractivity contribution in [3.05, 3.63) is 0 Å². The summed E-state index contributed by atoms with van der Waals surface area (Å²) in [7, 11) is 1.53. The number of nitrogens with one attached hydrogen (secondary N) is 1. The summed E-state index contributed by atoms with van der Waals surface area (Å²) in [4.78, 5) is 25.9. The van der Waals surface area contributed by atoms with E-state index in [-0.39, 0.29) is 24.3 Å². The average molecular weight is 283 g/mol. The number of piperidine rings is 1. The molecular formula is C14H25N3O3. The Labute approximate surface area is 120 Å². The van der Waals surface area contributed by atoms with Crippen molar-refractivity contribution >= 4 is 11.8 Å². The number of carbonyl (C=O) groups excluding carboxylic acids is 2. The molecule has 6 heteroatoms. The van der Waals surface area contributed by atoms with Crippen LogP contribution in [0.15, 0.2) is 0 Å². The molecule has 2 amide bonds. The molecule has 0 aromatic rings. The minimum Gasteiger partial charge on any atom is -0.383 e. The minimum absolute atomic E-state index is 0.0784. The molecule has 20 heavy (non-hydrogen) atoms. The molecule has 1 heterocycles. The topological polar surface area (TPSA) is 84.7 Å². The van der Waals surface area contributed by atoms with Gasteiger partial charge in [-0.05, 0) is 31.6 Å². The van der Waals surface area contributed by atoms with Gasteiger partial charge >= 0.3 is 0 Å². The lowest BCUT2D eigenvalue weighted by atomic mass is 9.96. The van der Waals surface area contributed by atoms with Crippen LogP contribution >= 0.6 is 0 Å². The Morgan fingerprint density at radius 2 is 2.15 bits per heavy atom. The van der Waals surface area contributed by atoms with E-state index in [9.17, 15) is 9.59 Å². The van der Waals surface area contributed by atoms with E-state index in [4.69, 9.17) is 10.5 Å². The third kappa shape index (κ3) is 4.18. The van der Waals surface area contributed by atoms with E-state index in [0.717, 1.165) is 19.4 Å². The van der Waals surface area contributed by atoms with Gasteiger partial charge in [-0.25, -0.2) is 0 Å². The molecule has 2 aliphatic rings. The summed E-state index contributed by atoms with van der Waals surface area (Å²) >= 11 is 0. The first-order valence-corrected chi connectivity index (χ1v) is 7.42. The molecule has 1 saturated heterocycles. The molecule has 0 spiro atoms. The largest absolute Gasteiger partial charge is 0.383 e. The molecular weight excluding hydrogens is 258 g/mol. The zero-order valence-electron chi connectivity index (χ0n) is 12.1. The van der Waals surface area contributed by atoms with E-state index in [2.05, 4.69) is 5.32 Å². The SMILES string of the molecule is COCC(N)C(=O)N1CCCC(C(=O)NCC2CC2)C1. The monoisotopic (exact) mass is 283 g/mol. The van der Waals surface area contributed by atoms with Crippen LogP contribution in [-0.2, 0) is 14.3 Å². The molecule has 2 atom stereocenters. The van der Waals surface area contributed by atoms with E-state index in [1.807, 2.05) is 0 Å². The highest BCUT2D eigenvalue weighted by Crippen LogP contribution is 2.28. The fraction of sp³-hybridized carbons (Fsp3) is 0.857. The van der Waals surface area contributed by atoms with Gasteiger partial charge in [0.2, 0.25) is 11.8 Å². The van der Waals surface area contributed by atoms with Crippen molar-refractivity contribution in [2.45, 2.75) is 31.7 Å². The number of ether oxygens (including phenoxy) is 1. The van der Waals surface area contributed by atoms with Gasteiger partial charge in [-0.3, -0.25) is 9.59 Å². The van der Waals surface area contributed by atoms with Crippen LogP contribution < -0.4 is 11.1 Å². The Bertz CT molecular complexity index is 358. The second-order valence-corrected chi connectivity index (χ2v) is 5.87. The number of nitrogens with zero attached hydrogens (tertiary/aromatic N) is 1. The lowest BCUT2D eigenvalue weighted by Crippen LogP contribution is -2.51. The number of rotatable bonds is 6. The number of hydrogen-bond donors (Lipinski definition) is 2. The van der Waals surface area contributed by atoms with E-state index in [0.29, 0.717) is 19.0 Å². The maximum absolute atomic E-state index is 12.1. The smallest absolute Gasteiger partial charge is 0.241 e. The van der Waals surface area contributed by atoms with Gasteiger partial charge < -0.3 is 20.7 Å². The van der Waals surface area contributed by atoms with Gasteiger partial charge in [0.15, 0.2) is 0 Å². The van der Waals surface area contributed by atoms with Crippen molar-refractivity contribution in [2.75, 3.05) is 33.4 Å². The fourth-order valence-electron chi connectivity index (χ4n) is 2.59. The van der Waals surface area contributed by atoms with Gasteiger partial charge in [0.1, 0.15) is 6.04 Å². The van der Waals surface area contributed by atoms with Gasteiger partial charge in [-0.15, -0.1) is 0 Å². The minimum atomic E-state index is -0.631. The lowest BCUT2D eigenvalue weighted by molar-refractivity contribution is -0.137. The molecule has 3 N–H and O–H groups in total. The number of carbonyl (C=O) groups is 2. The first-order chi connectivity index (χ1) is 9.61. The first kappa shape index (κ1) is 15.3. The van der Waals surface area contributed by atoms with Crippen LogP contribution in [0.4, 0.5) is 0 Å². The number of nitrogens with two attached hydrogens (primary N) is 1. The Morgan fingerprint density at radius 3 is 2.80 bits per heavy atom. The van der Waals surface area contributed by atoms with Gasteiger partial charge in [-0.2, -0.15) is 0 Å². The summed E-state index contributed by atoms with van der Waals surface area (Å²) in [6.45, 7) is 2.16. The number of hydrogen-bond acceptors (Lipinski definition) is 4. The van der Waals surface area contributed by atoms with Crippen LogP contribution in [0.5, 0.6) is 0 Å². The van der Waals surface area contributed by atoms with Gasteiger partial charge in [0.05, 0.1) is 12.5 Å². The summed E-state index contributed by atoms with van der Waals surface area (Å²) in [5.74, 6) is 0.540. The van der Waals surface area contributed by atoms with Crippen molar-refractivity contribution in [3.63, 3.8) is 0 Å². The van der Waals surface area contributed by atoms with Crippen LogP contribution in [0.25, 0.3) is 0 Å². The van der Waals surface area contributed by atoms with Crippen molar-refractivity contribution in [2.24, 2.45) is 17.6 Å². The standard InChI is InChI=1S/C14H25N3O3/c1-20-9-12(15)14(19)17-6-2-3-11(8-17)13(18)16-7-10-4-5-10/h10-12H,2-9,15H2,1H3,(H,16,18). The molecule has 6 nitrogen and oxygen atoms in total. The van der Waals surface area contributed by atoms with Crippen LogP contribution in [0.1, 0.15) is 25.7 Å². The second-order valence-electron chi connectivity index (χ2n) is 5.87. The highest BCUT2D eigenvalue weighted by atomic mass is 16.5. The molecule has 2 unspecified atom stereocenters. The Hall–Kier alpha value is -1.14. The molecule has 2 fully saturated rings. The van der Waals surface area contributed by atoms with Crippen molar-refractivity contribution in [1.82, 2.24) is 10.2 Å². The maximum atomic E-state index is 12.1. The molecule has 114 valence electrons. The van der Waals surface area contributed by atoms with E-state index >= 15 is 0 Å². The highest BCUT2D eigenvalue weighted by Gasteiger charge is 2.31. The Kier molecular flexibility index (Phi) is 5.37. The predicted molar refractivity (Wildman–Crippen MR) is 74.9 cm³/mol. The molecule has 1 aliphatic carbocycles. The highest BCUT2D eigenvalue weighted by molar-refractivity contribution is 5.84. The summed E-state index contributed by atoms with van der Waals surface area (Å²) in [6, 6.07) is -0.631. The fourth-order valence-corrected chi connectivity index (χ4v) is 2.59. The van der Waals surface area contributed by atoms with Gasteiger partial charge in [0.25, 0.3) is 0 Å². The zero-order valence-corrected chi connectivity index (χ0v) is 12.1. The Morgan fingerprint density at radius 1 is 1.40 bits per heavy atom. The van der Waals surface area contributed by atoms with Gasteiger partial charge in [0, 0.05) is 26.7 Å². The van der Waals surface area contributed by atoms with Crippen LogP contribution in [0.2, 0.25) is 0 Å². The van der Waals surface area contributed by atoms with E-state index in [1.54, 1.807) is 4.90 Å². The lowest BCUT2D eigenvalue weighted by Gasteiger charge is -2.33. The summed E-state index contributed by atoms with van der Waals surface area (Å²) in [6.07, 6.45) is 4.15. The summed E-state index contributed by atoms with van der Waals surface area (Å²) < 4.78 is 4.91. The summed E-state index contributed by atoms with van der Waals surface area (Å²) in [5.41, 5.74) is 5.77. The van der Waals surface area contributed by atoms with Crippen molar-refractivity contribution in [1.29, 1.82) is 0 Å².